The Morgan fingerprint density at radius 2 is 2.04 bits per heavy atom. The largest absolute Gasteiger partial charge is 0.328 e. The third-order valence-corrected chi connectivity index (χ3v) is 5.01. The van der Waals surface area contributed by atoms with Crippen molar-refractivity contribution < 1.29 is 4.79 Å². The molecule has 6 nitrogen and oxygen atoms in total. The third-order valence-electron chi connectivity index (χ3n) is 5.01. The summed E-state index contributed by atoms with van der Waals surface area (Å²) in [5.41, 5.74) is 2.97. The van der Waals surface area contributed by atoms with E-state index in [1.54, 1.807) is 6.20 Å². The zero-order valence-electron chi connectivity index (χ0n) is 15.4. The summed E-state index contributed by atoms with van der Waals surface area (Å²) < 4.78 is 2.24. The van der Waals surface area contributed by atoms with Crippen molar-refractivity contribution in [3.05, 3.63) is 66.7 Å². The van der Waals surface area contributed by atoms with Gasteiger partial charge in [-0.2, -0.15) is 0 Å². The molecule has 3 heterocycles. The van der Waals surface area contributed by atoms with Crippen LogP contribution in [0.25, 0.3) is 11.4 Å². The van der Waals surface area contributed by atoms with Gasteiger partial charge in [0.1, 0.15) is 5.82 Å². The van der Waals surface area contributed by atoms with Gasteiger partial charge in [-0.3, -0.25) is 4.98 Å². The van der Waals surface area contributed by atoms with Gasteiger partial charge >= 0.3 is 6.03 Å². The molecule has 2 aromatic heterocycles. The zero-order chi connectivity index (χ0) is 18.6. The number of aryl methyl sites for hydroxylation is 1. The average Bonchev–Trinajstić information content (AvgIpc) is 3.31. The van der Waals surface area contributed by atoms with Gasteiger partial charge in [0.15, 0.2) is 0 Å². The molecule has 0 saturated carbocycles. The lowest BCUT2D eigenvalue weighted by molar-refractivity contribution is 0.220. The van der Waals surface area contributed by atoms with E-state index in [-0.39, 0.29) is 6.03 Å². The second kappa shape index (κ2) is 7.61. The van der Waals surface area contributed by atoms with E-state index >= 15 is 0 Å². The quantitative estimate of drug-likeness (QED) is 0.769. The van der Waals surface area contributed by atoms with Gasteiger partial charge in [0.2, 0.25) is 0 Å². The summed E-state index contributed by atoms with van der Waals surface area (Å²) in [5.74, 6) is 1.35. The summed E-state index contributed by atoms with van der Waals surface area (Å²) in [6.45, 7) is 4.45. The molecule has 1 aliphatic heterocycles. The van der Waals surface area contributed by atoms with E-state index in [4.69, 9.17) is 0 Å². The molecule has 1 fully saturated rings. The van der Waals surface area contributed by atoms with E-state index in [1.807, 2.05) is 59.8 Å². The summed E-state index contributed by atoms with van der Waals surface area (Å²) in [4.78, 5) is 23.2. The third kappa shape index (κ3) is 3.84. The number of nitrogens with one attached hydrogen (secondary N) is 1. The van der Waals surface area contributed by atoms with Gasteiger partial charge in [0.05, 0.1) is 0 Å². The molecule has 2 amide bonds. The number of hydrogen-bond donors (Lipinski definition) is 1. The minimum atomic E-state index is -0.0291. The topological polar surface area (TPSA) is 63.1 Å². The number of hydrogen-bond acceptors (Lipinski definition) is 3. The fourth-order valence-corrected chi connectivity index (χ4v) is 3.57. The Kier molecular flexibility index (Phi) is 4.87. The highest BCUT2D eigenvalue weighted by molar-refractivity contribution is 5.89. The van der Waals surface area contributed by atoms with Gasteiger partial charge in [0, 0.05) is 55.2 Å². The molecule has 4 rings (SSSR count). The maximum atomic E-state index is 12.5. The molecule has 0 aliphatic carbocycles. The highest BCUT2D eigenvalue weighted by Crippen LogP contribution is 2.24. The Morgan fingerprint density at radius 3 is 2.81 bits per heavy atom. The molecule has 6 heteroatoms. The summed E-state index contributed by atoms with van der Waals surface area (Å²) in [5, 5.41) is 2.97. The standard InChI is InChI=1S/C21H23N5O/c1-16-12-23-20(18-6-5-10-22-13-18)26(16)15-17-9-11-25(14-17)21(27)24-19-7-3-2-4-8-19/h2-8,10,12-13,17H,9,11,14-15H2,1H3,(H,24,27). The maximum Gasteiger partial charge on any atom is 0.321 e. The normalized spacial score (nSPS) is 16.5. The number of para-hydroxylation sites is 1. The lowest BCUT2D eigenvalue weighted by atomic mass is 10.1. The number of pyridine rings is 1. The SMILES string of the molecule is Cc1cnc(-c2cccnc2)n1CC1CCN(C(=O)Nc2ccccc2)C1. The van der Waals surface area contributed by atoms with Gasteiger partial charge in [0.25, 0.3) is 0 Å². The Balaban J connectivity index is 1.42. The van der Waals surface area contributed by atoms with E-state index in [0.717, 1.165) is 48.8 Å². The predicted octanol–water partition coefficient (Wildman–Crippen LogP) is 3.81. The molecule has 1 unspecified atom stereocenters. The number of rotatable bonds is 4. The van der Waals surface area contributed by atoms with Crippen LogP contribution in [-0.4, -0.2) is 38.6 Å². The molecule has 27 heavy (non-hydrogen) atoms. The maximum absolute atomic E-state index is 12.5. The molecule has 0 spiro atoms. The molecule has 1 aromatic carbocycles. The van der Waals surface area contributed by atoms with Crippen LogP contribution in [0.1, 0.15) is 12.1 Å². The number of carbonyl (C=O) groups is 1. The molecule has 1 N–H and O–H groups in total. The summed E-state index contributed by atoms with van der Waals surface area (Å²) >= 11 is 0. The van der Waals surface area contributed by atoms with Gasteiger partial charge < -0.3 is 14.8 Å². The molecule has 0 radical (unpaired) electrons. The number of carbonyl (C=O) groups excluding carboxylic acids is 1. The second-order valence-corrected chi connectivity index (χ2v) is 6.97. The number of urea groups is 1. The van der Waals surface area contributed by atoms with Crippen molar-refractivity contribution in [2.75, 3.05) is 18.4 Å². The number of aromatic nitrogens is 3. The number of imidazole rings is 1. The van der Waals surface area contributed by atoms with Crippen molar-refractivity contribution >= 4 is 11.7 Å². The fraction of sp³-hybridized carbons (Fsp3) is 0.286. The van der Waals surface area contributed by atoms with Crippen molar-refractivity contribution in [1.29, 1.82) is 0 Å². The predicted molar refractivity (Wildman–Crippen MR) is 105 cm³/mol. The molecule has 3 aromatic rings. The number of likely N-dealkylation sites (tertiary alicyclic amines) is 1. The van der Waals surface area contributed by atoms with Crippen molar-refractivity contribution in [2.24, 2.45) is 5.92 Å². The first-order valence-electron chi connectivity index (χ1n) is 9.24. The number of nitrogens with zero attached hydrogens (tertiary/aromatic N) is 4. The molecule has 1 atom stereocenters. The van der Waals surface area contributed by atoms with Crippen molar-refractivity contribution in [1.82, 2.24) is 19.4 Å². The Hall–Kier alpha value is -3.15. The Morgan fingerprint density at radius 1 is 1.19 bits per heavy atom. The van der Waals surface area contributed by atoms with Gasteiger partial charge in [-0.05, 0) is 43.5 Å². The van der Waals surface area contributed by atoms with Gasteiger partial charge in [-0.25, -0.2) is 9.78 Å². The van der Waals surface area contributed by atoms with Crippen LogP contribution >= 0.6 is 0 Å². The van der Waals surface area contributed by atoms with E-state index in [1.165, 1.54) is 0 Å². The molecule has 1 aliphatic rings. The van der Waals surface area contributed by atoms with Gasteiger partial charge in [-0.15, -0.1) is 0 Å². The minimum Gasteiger partial charge on any atom is -0.328 e. The fourth-order valence-electron chi connectivity index (χ4n) is 3.57. The van der Waals surface area contributed by atoms with Crippen LogP contribution in [0.15, 0.2) is 61.1 Å². The van der Waals surface area contributed by atoms with Crippen LogP contribution in [0, 0.1) is 12.8 Å². The highest BCUT2D eigenvalue weighted by atomic mass is 16.2. The lowest BCUT2D eigenvalue weighted by Crippen LogP contribution is -2.33. The summed E-state index contributed by atoms with van der Waals surface area (Å²) in [6, 6.07) is 13.5. The van der Waals surface area contributed by atoms with E-state index in [2.05, 4.69) is 26.8 Å². The van der Waals surface area contributed by atoms with E-state index < -0.39 is 0 Å². The van der Waals surface area contributed by atoms with Crippen LogP contribution in [0.3, 0.4) is 0 Å². The molecule has 0 bridgehead atoms. The van der Waals surface area contributed by atoms with Crippen LogP contribution < -0.4 is 5.32 Å². The zero-order valence-corrected chi connectivity index (χ0v) is 15.4. The summed E-state index contributed by atoms with van der Waals surface area (Å²) in [6.07, 6.45) is 6.50. The molecule has 138 valence electrons. The van der Waals surface area contributed by atoms with Crippen LogP contribution in [0.2, 0.25) is 0 Å². The molecule has 1 saturated heterocycles. The smallest absolute Gasteiger partial charge is 0.321 e. The van der Waals surface area contributed by atoms with Crippen molar-refractivity contribution in [2.45, 2.75) is 19.9 Å². The van der Waals surface area contributed by atoms with Crippen molar-refractivity contribution in [3.8, 4) is 11.4 Å². The Bertz CT molecular complexity index is 907. The Labute approximate surface area is 158 Å². The molecular formula is C21H23N5O. The second-order valence-electron chi connectivity index (χ2n) is 6.97. The number of anilines is 1. The first kappa shape index (κ1) is 17.3. The number of amides is 2. The van der Waals surface area contributed by atoms with Crippen LogP contribution in [-0.2, 0) is 6.54 Å². The highest BCUT2D eigenvalue weighted by Gasteiger charge is 2.27. The lowest BCUT2D eigenvalue weighted by Gasteiger charge is -2.18. The monoisotopic (exact) mass is 361 g/mol. The van der Waals surface area contributed by atoms with E-state index in [0.29, 0.717) is 5.92 Å². The van der Waals surface area contributed by atoms with Crippen LogP contribution in [0.5, 0.6) is 0 Å². The minimum absolute atomic E-state index is 0.0291. The van der Waals surface area contributed by atoms with E-state index in [9.17, 15) is 4.79 Å². The molecular weight excluding hydrogens is 338 g/mol. The first-order chi connectivity index (χ1) is 13.2. The first-order valence-corrected chi connectivity index (χ1v) is 9.24. The number of benzene rings is 1. The van der Waals surface area contributed by atoms with Gasteiger partial charge in [-0.1, -0.05) is 18.2 Å². The van der Waals surface area contributed by atoms with Crippen molar-refractivity contribution in [3.63, 3.8) is 0 Å². The average molecular weight is 361 g/mol. The summed E-state index contributed by atoms with van der Waals surface area (Å²) in [7, 11) is 0. The van der Waals surface area contributed by atoms with Crippen LogP contribution in [0.4, 0.5) is 10.5 Å².